The van der Waals surface area contributed by atoms with E-state index in [0.29, 0.717) is 19.3 Å². The highest BCUT2D eigenvalue weighted by Gasteiger charge is 2.19. The minimum atomic E-state index is -0.838. The Morgan fingerprint density at radius 1 is 0.333 bits per heavy atom. The number of carbonyl (C=O) groups excluding carboxylic acids is 3. The van der Waals surface area contributed by atoms with Gasteiger partial charge in [0.25, 0.3) is 0 Å². The minimum Gasteiger partial charge on any atom is -0.462 e. The topological polar surface area (TPSA) is 78.9 Å². The molecule has 0 saturated heterocycles. The third-order valence-electron chi connectivity index (χ3n) is 9.94. The van der Waals surface area contributed by atoms with Crippen molar-refractivity contribution in [1.29, 1.82) is 0 Å². The lowest BCUT2D eigenvalue weighted by molar-refractivity contribution is -0.167. The molecule has 0 aromatic heterocycles. The van der Waals surface area contributed by atoms with Crippen molar-refractivity contribution in [2.45, 2.75) is 187 Å². The highest BCUT2D eigenvalue weighted by atomic mass is 16.6. The van der Waals surface area contributed by atoms with Gasteiger partial charge in [-0.2, -0.15) is 0 Å². The van der Waals surface area contributed by atoms with Crippen LogP contribution in [0.15, 0.2) is 158 Å². The molecular weight excluding hydrogens is 817 g/mol. The standard InChI is InChI=1S/C60H90O6/c1-4-7-10-13-16-19-22-25-27-29-30-32-33-35-38-41-44-47-50-53-59(62)65-56-57(55-64-58(61)52-49-46-43-40-37-24-21-18-15-12-9-6-3)66-60(63)54-51-48-45-42-39-36-34-31-28-26-23-20-17-14-11-8-5-2/h7-8,10-11,13,16-22,25-30,32-36,38,42,45,57H,4-6,9,12,14-15,23-24,31,37,39-41,43-44,46-56H2,1-3H3/b10-7-,11-8-,16-13-,20-17-,21-18-,22-19-,27-25-,28-26-,30-29+,33-32-,36-34-,38-35-,45-42-. The molecule has 0 aromatic carbocycles. The lowest BCUT2D eigenvalue weighted by Crippen LogP contribution is -2.30. The van der Waals surface area contributed by atoms with Gasteiger partial charge >= 0.3 is 17.9 Å². The second-order valence-electron chi connectivity index (χ2n) is 16.1. The Balaban J connectivity index is 4.63. The van der Waals surface area contributed by atoms with E-state index in [-0.39, 0.29) is 38.0 Å². The normalized spacial score (nSPS) is 13.4. The quantitative estimate of drug-likeness (QED) is 0.0199. The molecule has 0 fully saturated rings. The van der Waals surface area contributed by atoms with E-state index in [2.05, 4.69) is 106 Å². The van der Waals surface area contributed by atoms with Gasteiger partial charge in [0, 0.05) is 19.3 Å². The van der Waals surface area contributed by atoms with Crippen LogP contribution in [0, 0.1) is 0 Å². The van der Waals surface area contributed by atoms with Gasteiger partial charge in [0.05, 0.1) is 0 Å². The van der Waals surface area contributed by atoms with Gasteiger partial charge in [-0.05, 0) is 103 Å². The molecule has 0 spiro atoms. The molecule has 366 valence electrons. The van der Waals surface area contributed by atoms with Gasteiger partial charge < -0.3 is 14.2 Å². The number of hydrogen-bond donors (Lipinski definition) is 0. The van der Waals surface area contributed by atoms with E-state index in [1.165, 1.54) is 32.1 Å². The molecule has 6 heteroatoms. The molecule has 0 N–H and O–H groups in total. The van der Waals surface area contributed by atoms with Crippen molar-refractivity contribution >= 4 is 17.9 Å². The van der Waals surface area contributed by atoms with Crippen LogP contribution in [0.3, 0.4) is 0 Å². The van der Waals surface area contributed by atoms with Crippen molar-refractivity contribution in [2.75, 3.05) is 13.2 Å². The Kier molecular flexibility index (Phi) is 48.7. The Labute approximate surface area is 403 Å². The molecule has 1 atom stereocenters. The largest absolute Gasteiger partial charge is 0.462 e. The van der Waals surface area contributed by atoms with Crippen molar-refractivity contribution in [3.8, 4) is 0 Å². The molecule has 0 saturated carbocycles. The summed E-state index contributed by atoms with van der Waals surface area (Å²) in [6.07, 6.45) is 76.5. The number of unbranched alkanes of at least 4 members (excludes halogenated alkanes) is 12. The number of ether oxygens (including phenoxy) is 3. The third kappa shape index (κ3) is 50.0. The average Bonchev–Trinajstić information content (AvgIpc) is 3.31. The summed E-state index contributed by atoms with van der Waals surface area (Å²) >= 11 is 0. The van der Waals surface area contributed by atoms with E-state index in [4.69, 9.17) is 14.2 Å². The van der Waals surface area contributed by atoms with E-state index in [0.717, 1.165) is 96.3 Å². The number of esters is 3. The summed E-state index contributed by atoms with van der Waals surface area (Å²) in [6, 6.07) is 0. The van der Waals surface area contributed by atoms with E-state index in [1.54, 1.807) is 0 Å². The minimum absolute atomic E-state index is 0.128. The fourth-order valence-electron chi connectivity index (χ4n) is 6.16. The SMILES string of the molecule is CC\C=C/C=C\C=C/C=C\C=C\C=C/C=C\CCCCCC(=O)OCC(COC(=O)CCCCCCC/C=C\CCCCC)OC(=O)CCC/C=C\C/C=C\C/C=C\C/C=C\C/C=C\CC. The molecule has 0 radical (unpaired) electrons. The molecule has 0 amide bonds. The smallest absolute Gasteiger partial charge is 0.306 e. The van der Waals surface area contributed by atoms with Crippen LogP contribution in [0.2, 0.25) is 0 Å². The summed E-state index contributed by atoms with van der Waals surface area (Å²) in [5.74, 6) is -1.06. The van der Waals surface area contributed by atoms with Crippen molar-refractivity contribution in [2.24, 2.45) is 0 Å². The maximum Gasteiger partial charge on any atom is 0.306 e. The van der Waals surface area contributed by atoms with Crippen LogP contribution < -0.4 is 0 Å². The average molecular weight is 907 g/mol. The summed E-state index contributed by atoms with van der Waals surface area (Å²) in [6.45, 7) is 6.22. The third-order valence-corrected chi connectivity index (χ3v) is 9.94. The molecule has 66 heavy (non-hydrogen) atoms. The molecule has 0 aliphatic rings. The van der Waals surface area contributed by atoms with Gasteiger partial charge in [0.1, 0.15) is 13.2 Å². The first-order valence-electron chi connectivity index (χ1n) is 25.6. The number of carbonyl (C=O) groups is 3. The molecule has 0 bridgehead atoms. The Morgan fingerprint density at radius 2 is 0.682 bits per heavy atom. The Morgan fingerprint density at radius 3 is 1.18 bits per heavy atom. The number of hydrogen-bond acceptors (Lipinski definition) is 6. The van der Waals surface area contributed by atoms with E-state index >= 15 is 0 Å². The maximum absolute atomic E-state index is 12.8. The van der Waals surface area contributed by atoms with Crippen molar-refractivity contribution in [1.82, 2.24) is 0 Å². The van der Waals surface area contributed by atoms with E-state index in [1.807, 2.05) is 72.9 Å². The molecular formula is C60H90O6. The summed E-state index contributed by atoms with van der Waals surface area (Å²) < 4.78 is 16.7. The molecule has 1 unspecified atom stereocenters. The first-order valence-corrected chi connectivity index (χ1v) is 25.6. The molecule has 0 aliphatic heterocycles. The summed E-state index contributed by atoms with van der Waals surface area (Å²) in [5.41, 5.74) is 0. The molecule has 6 nitrogen and oxygen atoms in total. The van der Waals surface area contributed by atoms with Crippen LogP contribution in [-0.2, 0) is 28.6 Å². The fraction of sp³-hybridized carbons (Fsp3) is 0.517. The molecule has 0 heterocycles. The van der Waals surface area contributed by atoms with Crippen LogP contribution in [-0.4, -0.2) is 37.2 Å². The predicted molar refractivity (Wildman–Crippen MR) is 283 cm³/mol. The zero-order valence-electron chi connectivity index (χ0n) is 41.6. The van der Waals surface area contributed by atoms with Crippen molar-refractivity contribution in [3.05, 3.63) is 158 Å². The van der Waals surface area contributed by atoms with Crippen molar-refractivity contribution in [3.63, 3.8) is 0 Å². The van der Waals surface area contributed by atoms with Gasteiger partial charge in [-0.25, -0.2) is 0 Å². The predicted octanol–water partition coefficient (Wildman–Crippen LogP) is 17.0. The first-order chi connectivity index (χ1) is 32.5. The first kappa shape index (κ1) is 61.0. The zero-order chi connectivity index (χ0) is 47.9. The van der Waals surface area contributed by atoms with Crippen LogP contribution in [0.25, 0.3) is 0 Å². The lowest BCUT2D eigenvalue weighted by Gasteiger charge is -2.18. The second-order valence-corrected chi connectivity index (χ2v) is 16.1. The van der Waals surface area contributed by atoms with Crippen LogP contribution >= 0.6 is 0 Å². The Bertz CT molecular complexity index is 1560. The van der Waals surface area contributed by atoms with E-state index < -0.39 is 12.1 Å². The van der Waals surface area contributed by atoms with Gasteiger partial charge in [-0.1, -0.05) is 217 Å². The fourth-order valence-corrected chi connectivity index (χ4v) is 6.16. The zero-order valence-corrected chi connectivity index (χ0v) is 41.6. The second kappa shape index (κ2) is 52.7. The van der Waals surface area contributed by atoms with Crippen LogP contribution in [0.4, 0.5) is 0 Å². The summed E-state index contributed by atoms with van der Waals surface area (Å²) in [5, 5.41) is 0. The van der Waals surface area contributed by atoms with E-state index in [9.17, 15) is 14.4 Å². The number of rotatable bonds is 43. The van der Waals surface area contributed by atoms with Crippen LogP contribution in [0.1, 0.15) is 181 Å². The monoisotopic (exact) mass is 907 g/mol. The van der Waals surface area contributed by atoms with Gasteiger partial charge in [0.2, 0.25) is 0 Å². The van der Waals surface area contributed by atoms with Crippen molar-refractivity contribution < 1.29 is 28.6 Å². The highest BCUT2D eigenvalue weighted by molar-refractivity contribution is 5.71. The van der Waals surface area contributed by atoms with Gasteiger partial charge in [0.15, 0.2) is 6.10 Å². The maximum atomic E-state index is 12.8. The lowest BCUT2D eigenvalue weighted by atomic mass is 10.1. The van der Waals surface area contributed by atoms with Crippen LogP contribution in [0.5, 0.6) is 0 Å². The molecule has 0 aliphatic carbocycles. The molecule has 0 rings (SSSR count). The summed E-state index contributed by atoms with van der Waals surface area (Å²) in [4.78, 5) is 38.0. The van der Waals surface area contributed by atoms with Gasteiger partial charge in [-0.3, -0.25) is 14.4 Å². The van der Waals surface area contributed by atoms with Gasteiger partial charge in [-0.15, -0.1) is 0 Å². The highest BCUT2D eigenvalue weighted by Crippen LogP contribution is 2.11. The Hall–Kier alpha value is -4.97. The molecule has 0 aromatic rings. The number of allylic oxidation sites excluding steroid dienone is 26. The summed E-state index contributed by atoms with van der Waals surface area (Å²) in [7, 11) is 0.